The molecule has 0 atom stereocenters. The third-order valence-corrected chi connectivity index (χ3v) is 4.11. The van der Waals surface area contributed by atoms with Gasteiger partial charge >= 0.3 is 0 Å². The second kappa shape index (κ2) is 6.24. The molecule has 0 unspecified atom stereocenters. The minimum atomic E-state index is 0.100. The molecule has 3 aromatic rings. The highest BCUT2D eigenvalue weighted by Gasteiger charge is 2.16. The van der Waals surface area contributed by atoms with E-state index in [9.17, 15) is 10.2 Å². The Balaban J connectivity index is 1.99. The predicted octanol–water partition coefficient (Wildman–Crippen LogP) is 4.97. The summed E-state index contributed by atoms with van der Waals surface area (Å²) in [7, 11) is 0. The number of aliphatic hydroxyl groups is 2. The summed E-state index contributed by atoms with van der Waals surface area (Å²) in [5.41, 5.74) is 2.92. The summed E-state index contributed by atoms with van der Waals surface area (Å²) < 4.78 is 0. The molecule has 4 rings (SSSR count). The Morgan fingerprint density at radius 2 is 1.56 bits per heavy atom. The molecule has 0 spiro atoms. The lowest BCUT2D eigenvalue weighted by Crippen LogP contribution is -1.99. The Hall–Kier alpha value is -3.40. The highest BCUT2D eigenvalue weighted by Crippen LogP contribution is 2.31. The van der Waals surface area contributed by atoms with Crippen molar-refractivity contribution in [1.29, 1.82) is 0 Å². The van der Waals surface area contributed by atoms with Crippen LogP contribution in [0.3, 0.4) is 0 Å². The lowest BCUT2D eigenvalue weighted by molar-refractivity contribution is 0.396. The minimum Gasteiger partial charge on any atom is -0.512 e. The molecule has 0 saturated heterocycles. The number of allylic oxidation sites excluding steroid dienone is 4. The van der Waals surface area contributed by atoms with Gasteiger partial charge in [0.1, 0.15) is 5.76 Å². The van der Waals surface area contributed by atoms with Crippen molar-refractivity contribution in [3.63, 3.8) is 0 Å². The van der Waals surface area contributed by atoms with Crippen LogP contribution in [0.2, 0.25) is 0 Å². The molecule has 1 heterocycles. The molecule has 0 fully saturated rings. The monoisotopic (exact) mass is 328 g/mol. The van der Waals surface area contributed by atoms with Crippen molar-refractivity contribution >= 4 is 16.5 Å². The first kappa shape index (κ1) is 15.1. The van der Waals surface area contributed by atoms with Crippen molar-refractivity contribution < 1.29 is 10.2 Å². The van der Waals surface area contributed by atoms with Crippen LogP contribution in [0.25, 0.3) is 27.9 Å². The Morgan fingerprint density at radius 1 is 0.800 bits per heavy atom. The zero-order valence-electron chi connectivity index (χ0n) is 13.4. The molecule has 4 nitrogen and oxygen atoms in total. The van der Waals surface area contributed by atoms with Crippen molar-refractivity contribution in [3.05, 3.63) is 90.0 Å². The molecule has 0 amide bonds. The van der Waals surface area contributed by atoms with Gasteiger partial charge in [0.2, 0.25) is 0 Å². The summed E-state index contributed by atoms with van der Waals surface area (Å²) in [5.74, 6) is 0.895. The molecular weight excluding hydrogens is 312 g/mol. The van der Waals surface area contributed by atoms with Gasteiger partial charge in [-0.25, -0.2) is 9.97 Å². The van der Waals surface area contributed by atoms with Crippen molar-refractivity contribution in [2.75, 3.05) is 0 Å². The Kier molecular flexibility index (Phi) is 3.78. The number of aromatic nitrogens is 2. The topological polar surface area (TPSA) is 66.2 Å². The summed E-state index contributed by atoms with van der Waals surface area (Å²) in [6.07, 6.45) is 5.16. The molecule has 0 aliphatic heterocycles. The smallest absolute Gasteiger partial charge is 0.160 e. The fourth-order valence-electron chi connectivity index (χ4n) is 2.84. The number of rotatable bonds is 2. The fraction of sp³-hybridized carbons (Fsp3) is 0.0476. The summed E-state index contributed by atoms with van der Waals surface area (Å²) in [6, 6.07) is 17.4. The number of fused-ring (bicyclic) bond motifs is 1. The Morgan fingerprint density at radius 3 is 2.40 bits per heavy atom. The molecule has 1 aliphatic rings. The summed E-state index contributed by atoms with van der Waals surface area (Å²) in [6.45, 7) is 0. The van der Waals surface area contributed by atoms with E-state index >= 15 is 0 Å². The van der Waals surface area contributed by atoms with Crippen LogP contribution in [-0.4, -0.2) is 20.2 Å². The molecule has 0 radical (unpaired) electrons. The molecule has 1 aliphatic carbocycles. The second-order valence-corrected chi connectivity index (χ2v) is 5.81. The minimum absolute atomic E-state index is 0.100. The number of para-hydroxylation sites is 1. The Labute approximate surface area is 145 Å². The van der Waals surface area contributed by atoms with Gasteiger partial charge in [0, 0.05) is 22.9 Å². The number of nitrogens with zero attached hydrogens (tertiary/aromatic N) is 2. The maximum absolute atomic E-state index is 10.4. The Bertz CT molecular complexity index is 1030. The predicted molar refractivity (Wildman–Crippen MR) is 99.0 cm³/mol. The second-order valence-electron chi connectivity index (χ2n) is 5.81. The molecule has 0 bridgehead atoms. The summed E-state index contributed by atoms with van der Waals surface area (Å²) in [4.78, 5) is 9.38. The number of aliphatic hydroxyl groups excluding tert-OH is 2. The van der Waals surface area contributed by atoms with Gasteiger partial charge < -0.3 is 10.2 Å². The van der Waals surface area contributed by atoms with Crippen LogP contribution >= 0.6 is 0 Å². The molecule has 122 valence electrons. The van der Waals surface area contributed by atoms with Crippen LogP contribution < -0.4 is 0 Å². The average molecular weight is 328 g/mol. The third-order valence-electron chi connectivity index (χ3n) is 4.11. The van der Waals surface area contributed by atoms with Crippen LogP contribution in [0.5, 0.6) is 0 Å². The van der Waals surface area contributed by atoms with Gasteiger partial charge in [-0.3, -0.25) is 0 Å². The number of benzene rings is 2. The maximum Gasteiger partial charge on any atom is 0.160 e. The zero-order valence-corrected chi connectivity index (χ0v) is 13.4. The third kappa shape index (κ3) is 2.90. The van der Waals surface area contributed by atoms with E-state index in [-0.39, 0.29) is 11.5 Å². The van der Waals surface area contributed by atoms with Crippen LogP contribution in [0.1, 0.15) is 12.1 Å². The molecular formula is C21H16N2O2. The van der Waals surface area contributed by atoms with Gasteiger partial charge in [-0.2, -0.15) is 0 Å². The molecule has 0 saturated carbocycles. The molecule has 25 heavy (non-hydrogen) atoms. The van der Waals surface area contributed by atoms with Gasteiger partial charge in [-0.05, 0) is 24.3 Å². The SMILES string of the molecule is OC1=CC=C(c2nc(-c3ccccc3)nc3ccccc23)C(O)=CC1. The van der Waals surface area contributed by atoms with E-state index in [0.717, 1.165) is 16.5 Å². The summed E-state index contributed by atoms with van der Waals surface area (Å²) in [5, 5.41) is 21.0. The molecule has 1 aromatic heterocycles. The first-order valence-electron chi connectivity index (χ1n) is 8.04. The number of hydrogen-bond acceptors (Lipinski definition) is 4. The van der Waals surface area contributed by atoms with E-state index in [0.29, 0.717) is 23.5 Å². The van der Waals surface area contributed by atoms with Gasteiger partial charge in [-0.15, -0.1) is 0 Å². The van der Waals surface area contributed by atoms with Crippen LogP contribution in [0.15, 0.2) is 84.3 Å². The van der Waals surface area contributed by atoms with Gasteiger partial charge in [0.15, 0.2) is 5.82 Å². The standard InChI is InChI=1S/C21H16N2O2/c24-15-10-12-17(19(25)13-11-15)20-16-8-4-5-9-18(16)22-21(23-20)14-6-2-1-3-7-14/h1-10,12-13,24-25H,11H2. The first-order chi connectivity index (χ1) is 12.2. The lowest BCUT2D eigenvalue weighted by Gasteiger charge is -2.11. The van der Waals surface area contributed by atoms with E-state index in [1.165, 1.54) is 0 Å². The largest absolute Gasteiger partial charge is 0.512 e. The fourth-order valence-corrected chi connectivity index (χ4v) is 2.84. The van der Waals surface area contributed by atoms with Crippen molar-refractivity contribution in [3.8, 4) is 11.4 Å². The van der Waals surface area contributed by atoms with E-state index < -0.39 is 0 Å². The van der Waals surface area contributed by atoms with Crippen LogP contribution in [0, 0.1) is 0 Å². The van der Waals surface area contributed by atoms with E-state index in [1.807, 2.05) is 54.6 Å². The highest BCUT2D eigenvalue weighted by atomic mass is 16.3. The van der Waals surface area contributed by atoms with Crippen LogP contribution in [-0.2, 0) is 0 Å². The molecule has 2 aromatic carbocycles. The summed E-state index contributed by atoms with van der Waals surface area (Å²) >= 11 is 0. The van der Waals surface area contributed by atoms with Crippen molar-refractivity contribution in [1.82, 2.24) is 9.97 Å². The van der Waals surface area contributed by atoms with E-state index in [4.69, 9.17) is 4.98 Å². The molecule has 2 N–H and O–H groups in total. The molecule has 4 heteroatoms. The maximum atomic E-state index is 10.4. The van der Waals surface area contributed by atoms with Crippen LogP contribution in [0.4, 0.5) is 0 Å². The first-order valence-corrected chi connectivity index (χ1v) is 8.04. The van der Waals surface area contributed by atoms with E-state index in [1.54, 1.807) is 18.2 Å². The normalized spacial score (nSPS) is 14.5. The van der Waals surface area contributed by atoms with Gasteiger partial charge in [-0.1, -0.05) is 48.5 Å². The van der Waals surface area contributed by atoms with Gasteiger partial charge in [0.05, 0.1) is 17.0 Å². The highest BCUT2D eigenvalue weighted by molar-refractivity contribution is 5.94. The quantitative estimate of drug-likeness (QED) is 0.697. The van der Waals surface area contributed by atoms with Crippen molar-refractivity contribution in [2.24, 2.45) is 0 Å². The average Bonchev–Trinajstić information content (AvgIpc) is 2.83. The zero-order chi connectivity index (χ0) is 17.2. The number of hydrogen-bond donors (Lipinski definition) is 2. The van der Waals surface area contributed by atoms with Crippen molar-refractivity contribution in [2.45, 2.75) is 6.42 Å². The van der Waals surface area contributed by atoms with Gasteiger partial charge in [0.25, 0.3) is 0 Å². The lowest BCUT2D eigenvalue weighted by atomic mass is 10.0. The van der Waals surface area contributed by atoms with E-state index in [2.05, 4.69) is 4.98 Å².